The second-order valence-corrected chi connectivity index (χ2v) is 13.2. The molecule has 220 valence electrons. The fraction of sp³-hybridized carbons (Fsp3) is 0.586. The molecule has 0 unspecified atom stereocenters. The number of sulfonamides is 1. The number of allylic oxidation sites excluding steroid dienone is 3. The van der Waals surface area contributed by atoms with E-state index in [2.05, 4.69) is 22.1 Å². The molecule has 0 saturated heterocycles. The molecule has 2 rings (SSSR count). The van der Waals surface area contributed by atoms with Crippen molar-refractivity contribution in [3.05, 3.63) is 48.2 Å². The lowest BCUT2D eigenvalue weighted by Gasteiger charge is -2.31. The number of aryl methyl sites for hydroxylation is 1. The van der Waals surface area contributed by atoms with Crippen molar-refractivity contribution >= 4 is 27.0 Å². The number of carbonyl (C=O) groups is 1. The zero-order valence-corrected chi connectivity index (χ0v) is 25.9. The summed E-state index contributed by atoms with van der Waals surface area (Å²) in [5.74, 6) is 0.0176. The molecule has 0 aliphatic carbocycles. The fourth-order valence-corrected chi connectivity index (χ4v) is 5.31. The molecule has 9 nitrogen and oxygen atoms in total. The number of aromatic amines is 1. The molecule has 0 radical (unpaired) electrons. The number of nitrogens with zero attached hydrogens (tertiary/aromatic N) is 2. The number of alkyl carbamates (subject to hydrolysis) is 1. The first-order valence-corrected chi connectivity index (χ1v) is 14.8. The van der Waals surface area contributed by atoms with E-state index in [0.29, 0.717) is 18.4 Å². The first-order chi connectivity index (χ1) is 18.0. The summed E-state index contributed by atoms with van der Waals surface area (Å²) in [7, 11) is -3.93. The van der Waals surface area contributed by atoms with Crippen molar-refractivity contribution in [2.45, 2.75) is 97.8 Å². The predicted octanol–water partition coefficient (Wildman–Crippen LogP) is 5.71. The molecule has 0 bridgehead atoms. The maximum absolute atomic E-state index is 13.6. The maximum Gasteiger partial charge on any atom is 0.407 e. The van der Waals surface area contributed by atoms with Crippen LogP contribution in [0.15, 0.2) is 47.4 Å². The molecule has 2 aromatic rings. The summed E-state index contributed by atoms with van der Waals surface area (Å²) < 4.78 is 33.9. The Morgan fingerprint density at radius 2 is 1.85 bits per heavy atom. The van der Waals surface area contributed by atoms with Crippen LogP contribution >= 0.6 is 0 Å². The van der Waals surface area contributed by atoms with E-state index in [-0.39, 0.29) is 23.9 Å². The van der Waals surface area contributed by atoms with Gasteiger partial charge in [0.25, 0.3) is 0 Å². The van der Waals surface area contributed by atoms with E-state index >= 15 is 0 Å². The van der Waals surface area contributed by atoms with E-state index in [1.807, 2.05) is 53.7 Å². The van der Waals surface area contributed by atoms with Crippen molar-refractivity contribution in [1.29, 1.82) is 0 Å². The van der Waals surface area contributed by atoms with Gasteiger partial charge in [-0.05, 0) is 85.4 Å². The monoisotopic (exact) mass is 564 g/mol. The Bertz CT molecular complexity index is 1210. The molecule has 1 aromatic carbocycles. The second-order valence-electron chi connectivity index (χ2n) is 11.2. The molecule has 0 spiro atoms. The topological polar surface area (TPSA) is 125 Å². The van der Waals surface area contributed by atoms with Crippen molar-refractivity contribution in [3.63, 3.8) is 0 Å². The van der Waals surface area contributed by atoms with Crippen molar-refractivity contribution in [1.82, 2.24) is 19.8 Å². The predicted molar refractivity (Wildman–Crippen MR) is 158 cm³/mol. The molecular formula is C29H48N4O5S. The SMILES string of the molecule is C/C=C\C.C=C(C)CC[C@H](NC(=O)OC(C)(C)C)[C@H](O)CN(CC(C)C)S(=O)(=O)c1ccc2n[nH]c(C)c2c1. The lowest BCUT2D eigenvalue weighted by Crippen LogP contribution is -2.51. The van der Waals surface area contributed by atoms with Crippen LogP contribution in [0.4, 0.5) is 4.79 Å². The standard InChI is InChI=1S/C25H40N4O5S.C4H8/c1-16(2)9-11-22(26-24(31)34-25(6,7)8)23(30)15-29(14-17(3)4)35(32,33)19-10-12-21-20(13-19)18(5)27-28-21;1-3-4-2/h10,12-13,17,22-23,30H,1,9,11,14-15H2,2-8H3,(H,26,31)(H,27,28);3-4H,1-2H3/b;4-3-/t22-,23+;/m0./s1. The average Bonchev–Trinajstić information content (AvgIpc) is 3.19. The van der Waals surface area contributed by atoms with E-state index in [1.54, 1.807) is 32.9 Å². The van der Waals surface area contributed by atoms with Crippen LogP contribution in [0.2, 0.25) is 0 Å². The van der Waals surface area contributed by atoms with Crippen molar-refractivity contribution in [2.75, 3.05) is 13.1 Å². The number of amides is 1. The Hall–Kier alpha value is -2.69. The molecule has 1 aromatic heterocycles. The van der Waals surface area contributed by atoms with Crippen LogP contribution in [0.5, 0.6) is 0 Å². The first-order valence-electron chi connectivity index (χ1n) is 13.4. The number of hydrogen-bond donors (Lipinski definition) is 3. The van der Waals surface area contributed by atoms with Crippen LogP contribution in [-0.2, 0) is 14.8 Å². The number of aliphatic hydroxyl groups excluding tert-OH is 1. The second kappa shape index (κ2) is 15.2. The van der Waals surface area contributed by atoms with E-state index in [4.69, 9.17) is 4.74 Å². The number of fused-ring (bicyclic) bond motifs is 1. The van der Waals surface area contributed by atoms with Crippen LogP contribution in [0, 0.1) is 12.8 Å². The normalized spacial score (nSPS) is 13.8. The summed E-state index contributed by atoms with van der Waals surface area (Å²) in [6, 6.07) is 4.07. The number of aromatic nitrogens is 2. The quantitative estimate of drug-likeness (QED) is 0.300. The first kappa shape index (κ1) is 34.3. The average molecular weight is 565 g/mol. The lowest BCUT2D eigenvalue weighted by atomic mass is 10.0. The molecule has 3 N–H and O–H groups in total. The summed E-state index contributed by atoms with van der Waals surface area (Å²) in [6.45, 7) is 20.7. The zero-order valence-electron chi connectivity index (χ0n) is 25.0. The van der Waals surface area contributed by atoms with Gasteiger partial charge in [-0.1, -0.05) is 31.6 Å². The number of nitrogens with one attached hydrogen (secondary N) is 2. The van der Waals surface area contributed by atoms with E-state index < -0.39 is 33.9 Å². The maximum atomic E-state index is 13.6. The minimum Gasteiger partial charge on any atom is -0.444 e. The Morgan fingerprint density at radius 3 is 2.36 bits per heavy atom. The molecular weight excluding hydrogens is 516 g/mol. The Morgan fingerprint density at radius 1 is 1.23 bits per heavy atom. The summed E-state index contributed by atoms with van der Waals surface area (Å²) >= 11 is 0. The minimum absolute atomic E-state index is 0.0176. The number of ether oxygens (including phenoxy) is 1. The summed E-state index contributed by atoms with van der Waals surface area (Å²) in [5, 5.41) is 21.6. The van der Waals surface area contributed by atoms with Crippen molar-refractivity contribution in [3.8, 4) is 0 Å². The molecule has 10 heteroatoms. The van der Waals surface area contributed by atoms with Gasteiger partial charge in [0.2, 0.25) is 10.0 Å². The molecule has 0 aliphatic heterocycles. The molecule has 39 heavy (non-hydrogen) atoms. The van der Waals surface area contributed by atoms with Crippen molar-refractivity contribution < 1.29 is 23.1 Å². The van der Waals surface area contributed by atoms with Crippen LogP contribution in [0.25, 0.3) is 10.9 Å². The number of hydrogen-bond acceptors (Lipinski definition) is 6. The largest absolute Gasteiger partial charge is 0.444 e. The highest BCUT2D eigenvalue weighted by Gasteiger charge is 2.32. The fourth-order valence-electron chi connectivity index (χ4n) is 3.66. The van der Waals surface area contributed by atoms with Gasteiger partial charge in [-0.2, -0.15) is 9.40 Å². The number of carbonyl (C=O) groups excluding carboxylic acids is 1. The van der Waals surface area contributed by atoms with Crippen LogP contribution in [-0.4, -0.2) is 65.0 Å². The van der Waals surface area contributed by atoms with Gasteiger partial charge in [0, 0.05) is 24.2 Å². The third-order valence-electron chi connectivity index (χ3n) is 5.70. The van der Waals surface area contributed by atoms with Gasteiger partial charge in [-0.3, -0.25) is 5.10 Å². The molecule has 2 atom stereocenters. The highest BCUT2D eigenvalue weighted by Crippen LogP contribution is 2.24. The van der Waals surface area contributed by atoms with Gasteiger partial charge in [0.1, 0.15) is 5.60 Å². The van der Waals surface area contributed by atoms with E-state index in [1.165, 1.54) is 10.4 Å². The van der Waals surface area contributed by atoms with Gasteiger partial charge in [0.05, 0.1) is 22.6 Å². The molecule has 1 heterocycles. The highest BCUT2D eigenvalue weighted by atomic mass is 32.2. The van der Waals surface area contributed by atoms with Gasteiger partial charge < -0.3 is 15.2 Å². The molecule has 0 saturated carbocycles. The summed E-state index contributed by atoms with van der Waals surface area (Å²) in [4.78, 5) is 12.5. The smallest absolute Gasteiger partial charge is 0.407 e. The van der Waals surface area contributed by atoms with Crippen LogP contribution in [0.3, 0.4) is 0 Å². The van der Waals surface area contributed by atoms with Crippen molar-refractivity contribution in [2.24, 2.45) is 5.92 Å². The highest BCUT2D eigenvalue weighted by molar-refractivity contribution is 7.89. The zero-order chi connectivity index (χ0) is 30.0. The minimum atomic E-state index is -3.93. The Balaban J connectivity index is 0.00000177. The lowest BCUT2D eigenvalue weighted by molar-refractivity contribution is 0.0391. The Kier molecular flexibility index (Phi) is 13.4. The van der Waals surface area contributed by atoms with Gasteiger partial charge in [-0.15, -0.1) is 6.58 Å². The van der Waals surface area contributed by atoms with Crippen LogP contribution < -0.4 is 5.32 Å². The number of aliphatic hydroxyl groups is 1. The molecule has 0 aliphatic rings. The Labute approximate surface area is 234 Å². The van der Waals surface area contributed by atoms with Gasteiger partial charge in [0.15, 0.2) is 0 Å². The number of rotatable bonds is 11. The number of benzene rings is 1. The molecule has 1 amide bonds. The van der Waals surface area contributed by atoms with Crippen LogP contribution in [0.1, 0.15) is 73.9 Å². The number of H-pyrrole nitrogens is 1. The summed E-state index contributed by atoms with van der Waals surface area (Å²) in [5.41, 5.74) is 1.64. The third kappa shape index (κ3) is 11.5. The molecule has 0 fully saturated rings. The van der Waals surface area contributed by atoms with Gasteiger partial charge in [-0.25, -0.2) is 13.2 Å². The van der Waals surface area contributed by atoms with E-state index in [9.17, 15) is 18.3 Å². The van der Waals surface area contributed by atoms with E-state index in [0.717, 1.165) is 16.7 Å². The van der Waals surface area contributed by atoms with Gasteiger partial charge >= 0.3 is 6.09 Å². The third-order valence-corrected chi connectivity index (χ3v) is 7.52. The summed E-state index contributed by atoms with van der Waals surface area (Å²) in [6.07, 6.45) is 3.13.